The number of aromatic amines is 1. The summed E-state index contributed by atoms with van der Waals surface area (Å²) < 4.78 is 39.4. The van der Waals surface area contributed by atoms with Crippen molar-refractivity contribution in [1.82, 2.24) is 4.98 Å². The van der Waals surface area contributed by atoms with E-state index in [1.807, 2.05) is 17.5 Å². The predicted molar refractivity (Wildman–Crippen MR) is 108 cm³/mol. The minimum absolute atomic E-state index is 0.100. The van der Waals surface area contributed by atoms with Gasteiger partial charge in [-0.2, -0.15) is 13.2 Å². The highest BCUT2D eigenvalue weighted by molar-refractivity contribution is 8.00. The molecular weight excluding hydrogens is 457 g/mol. The number of anilines is 1. The van der Waals surface area contributed by atoms with Gasteiger partial charge in [-0.25, -0.2) is 4.90 Å². The Labute approximate surface area is 179 Å². The third kappa shape index (κ3) is 2.95. The van der Waals surface area contributed by atoms with Crippen molar-refractivity contribution < 1.29 is 22.8 Å². The summed E-state index contributed by atoms with van der Waals surface area (Å²) in [4.78, 5) is 43.3. The van der Waals surface area contributed by atoms with E-state index in [0.29, 0.717) is 9.90 Å². The van der Waals surface area contributed by atoms with Crippen LogP contribution >= 0.6 is 34.4 Å². The van der Waals surface area contributed by atoms with Crippen molar-refractivity contribution in [2.75, 3.05) is 4.90 Å². The number of thiophene rings is 1. The second-order valence-corrected chi connectivity index (χ2v) is 9.97. The maximum atomic E-state index is 13.4. The second-order valence-electron chi connectivity index (χ2n) is 6.83. The van der Waals surface area contributed by atoms with Gasteiger partial charge in [0.05, 0.1) is 22.2 Å². The minimum atomic E-state index is -4.59. The van der Waals surface area contributed by atoms with Crippen LogP contribution in [0.4, 0.5) is 18.9 Å². The Kier molecular flexibility index (Phi) is 4.46. The van der Waals surface area contributed by atoms with Crippen LogP contribution in [0.25, 0.3) is 0 Å². The van der Waals surface area contributed by atoms with Crippen molar-refractivity contribution in [3.8, 4) is 0 Å². The van der Waals surface area contributed by atoms with Crippen LogP contribution in [0.15, 0.2) is 51.6 Å². The predicted octanol–water partition coefficient (Wildman–Crippen LogP) is 4.31. The number of hydrogen-bond donors (Lipinski definition) is 1. The van der Waals surface area contributed by atoms with Crippen molar-refractivity contribution in [2.24, 2.45) is 5.92 Å². The molecule has 0 saturated carbocycles. The number of hydrogen-bond acceptors (Lipinski definition) is 6. The Morgan fingerprint density at radius 1 is 1.03 bits per heavy atom. The van der Waals surface area contributed by atoms with E-state index in [-0.39, 0.29) is 10.6 Å². The van der Waals surface area contributed by atoms with E-state index in [1.54, 1.807) is 0 Å². The number of aromatic nitrogens is 1. The molecule has 1 fully saturated rings. The van der Waals surface area contributed by atoms with E-state index in [0.717, 1.165) is 45.0 Å². The topological polar surface area (TPSA) is 70.2 Å². The molecule has 30 heavy (non-hydrogen) atoms. The van der Waals surface area contributed by atoms with Crippen molar-refractivity contribution >= 4 is 51.9 Å². The van der Waals surface area contributed by atoms with Crippen molar-refractivity contribution in [3.05, 3.63) is 66.8 Å². The Bertz CT molecular complexity index is 1220. The number of amides is 2. The van der Waals surface area contributed by atoms with Crippen LogP contribution in [0.5, 0.6) is 0 Å². The molecule has 1 aromatic carbocycles. The van der Waals surface area contributed by atoms with Crippen molar-refractivity contribution in [3.63, 3.8) is 0 Å². The maximum Gasteiger partial charge on any atom is 0.416 e. The summed E-state index contributed by atoms with van der Waals surface area (Å²) in [6.07, 6.45) is -4.59. The van der Waals surface area contributed by atoms with Gasteiger partial charge in [-0.1, -0.05) is 35.2 Å². The molecule has 0 aliphatic carbocycles. The van der Waals surface area contributed by atoms with Gasteiger partial charge in [-0.3, -0.25) is 14.4 Å². The van der Waals surface area contributed by atoms with Gasteiger partial charge >= 0.3 is 11.0 Å². The summed E-state index contributed by atoms with van der Waals surface area (Å²) in [5, 5.41) is 1.56. The standard InChI is InChI=1S/C19H11F3N2O3S3/c20-19(21,22)8-3-1-4-9(7-8)24-16(25)12-11(10-5-2-6-28-10)13-15(23-18(27)30-13)29-14(12)17(24)26/h1-7,11-12,14H,(H,23,27)/t11-,12-,14+/m0/s1. The fraction of sp³-hybridized carbons (Fsp3) is 0.211. The lowest BCUT2D eigenvalue weighted by atomic mass is 9.87. The zero-order chi connectivity index (χ0) is 21.2. The molecule has 2 aliphatic rings. The number of benzene rings is 1. The average Bonchev–Trinajstić information content (AvgIpc) is 3.39. The number of rotatable bonds is 2. The molecule has 0 bridgehead atoms. The normalized spacial score (nSPS) is 23.6. The van der Waals surface area contributed by atoms with Gasteiger partial charge in [0.25, 0.3) is 0 Å². The molecule has 3 atom stereocenters. The number of fused-ring (bicyclic) bond motifs is 2. The summed E-state index contributed by atoms with van der Waals surface area (Å²) >= 11 is 3.50. The lowest BCUT2D eigenvalue weighted by molar-refractivity contribution is -0.137. The zero-order valence-corrected chi connectivity index (χ0v) is 17.3. The first-order valence-electron chi connectivity index (χ1n) is 8.74. The molecule has 0 unspecified atom stereocenters. The van der Waals surface area contributed by atoms with Crippen molar-refractivity contribution in [2.45, 2.75) is 22.4 Å². The Morgan fingerprint density at radius 3 is 2.53 bits per heavy atom. The number of nitrogens with one attached hydrogen (secondary N) is 1. The summed E-state index contributed by atoms with van der Waals surface area (Å²) in [5.74, 6) is -2.42. The highest BCUT2D eigenvalue weighted by Crippen LogP contribution is 2.53. The highest BCUT2D eigenvalue weighted by atomic mass is 32.2. The van der Waals surface area contributed by atoms with Crippen LogP contribution in [-0.2, 0) is 15.8 Å². The quantitative estimate of drug-likeness (QED) is 0.569. The van der Waals surface area contributed by atoms with Gasteiger partial charge in [-0.05, 0) is 29.6 Å². The average molecular weight is 469 g/mol. The fourth-order valence-corrected chi connectivity index (χ4v) is 7.33. The number of H-pyrrole nitrogens is 1. The molecule has 154 valence electrons. The monoisotopic (exact) mass is 468 g/mol. The number of halogens is 3. The van der Waals surface area contributed by atoms with Gasteiger partial charge in [0.1, 0.15) is 5.25 Å². The Morgan fingerprint density at radius 2 is 1.83 bits per heavy atom. The van der Waals surface area contributed by atoms with Gasteiger partial charge in [0, 0.05) is 15.7 Å². The number of thiazole rings is 1. The second kappa shape index (κ2) is 6.82. The number of imide groups is 1. The molecule has 2 aromatic heterocycles. The van der Waals surface area contributed by atoms with Crippen LogP contribution in [0, 0.1) is 5.92 Å². The number of alkyl halides is 3. The first kappa shape index (κ1) is 19.6. The van der Waals surface area contributed by atoms with Gasteiger partial charge in [0.2, 0.25) is 11.8 Å². The third-order valence-electron chi connectivity index (χ3n) is 5.11. The van der Waals surface area contributed by atoms with Crippen molar-refractivity contribution in [1.29, 1.82) is 0 Å². The van der Waals surface area contributed by atoms with Gasteiger partial charge < -0.3 is 4.98 Å². The summed E-state index contributed by atoms with van der Waals surface area (Å²) in [6.45, 7) is 0. The summed E-state index contributed by atoms with van der Waals surface area (Å²) in [7, 11) is 0. The van der Waals surface area contributed by atoms with E-state index >= 15 is 0 Å². The van der Waals surface area contributed by atoms with Crippen LogP contribution in [-0.4, -0.2) is 22.0 Å². The van der Waals surface area contributed by atoms with Crippen LogP contribution in [0.1, 0.15) is 21.2 Å². The number of nitrogens with zero attached hydrogens (tertiary/aromatic N) is 1. The van der Waals surface area contributed by atoms with Gasteiger partial charge in [-0.15, -0.1) is 11.3 Å². The lowest BCUT2D eigenvalue weighted by Gasteiger charge is -2.28. The van der Waals surface area contributed by atoms with E-state index < -0.39 is 40.6 Å². The Hall–Kier alpha value is -2.37. The molecule has 0 radical (unpaired) electrons. The molecule has 3 aromatic rings. The molecule has 1 N–H and O–H groups in total. The van der Waals surface area contributed by atoms with E-state index in [1.165, 1.54) is 23.5 Å². The Balaban J connectivity index is 1.62. The smallest absolute Gasteiger partial charge is 0.307 e. The molecule has 5 rings (SSSR count). The number of carbonyl (C=O) groups is 2. The molecule has 11 heteroatoms. The minimum Gasteiger partial charge on any atom is -0.307 e. The summed E-state index contributed by atoms with van der Waals surface area (Å²) in [6, 6.07) is 7.87. The first-order chi connectivity index (χ1) is 14.3. The fourth-order valence-electron chi connectivity index (χ4n) is 3.87. The highest BCUT2D eigenvalue weighted by Gasteiger charge is 2.56. The summed E-state index contributed by atoms with van der Waals surface area (Å²) in [5.41, 5.74) is -1.03. The SMILES string of the molecule is O=C1[C@H]2[C@H](c3cccs3)c3sc(=O)[nH]c3S[C@H]2C(=O)N1c1cccc(C(F)(F)F)c1. The molecule has 4 heterocycles. The van der Waals surface area contributed by atoms with E-state index in [4.69, 9.17) is 0 Å². The third-order valence-corrected chi connectivity index (χ3v) is 8.46. The lowest BCUT2D eigenvalue weighted by Crippen LogP contribution is -2.32. The number of carbonyl (C=O) groups excluding carboxylic acids is 2. The maximum absolute atomic E-state index is 13.4. The van der Waals surface area contributed by atoms with Gasteiger partial charge in [0.15, 0.2) is 0 Å². The zero-order valence-electron chi connectivity index (χ0n) is 14.8. The van der Waals surface area contributed by atoms with E-state index in [2.05, 4.69) is 4.98 Å². The molecule has 1 saturated heterocycles. The van der Waals surface area contributed by atoms with E-state index in [9.17, 15) is 27.6 Å². The first-order valence-corrected chi connectivity index (χ1v) is 11.3. The molecule has 0 spiro atoms. The molecular formula is C19H11F3N2O3S3. The van der Waals surface area contributed by atoms with Crippen LogP contribution in [0.3, 0.4) is 0 Å². The molecule has 2 amide bonds. The van der Waals surface area contributed by atoms with Crippen LogP contribution < -0.4 is 9.77 Å². The molecule has 2 aliphatic heterocycles. The largest absolute Gasteiger partial charge is 0.416 e. The molecule has 5 nitrogen and oxygen atoms in total. The number of thioether (sulfide) groups is 1. The van der Waals surface area contributed by atoms with Crippen LogP contribution in [0.2, 0.25) is 0 Å².